The molecule has 1 fully saturated rings. The lowest BCUT2D eigenvalue weighted by Crippen LogP contribution is -2.34. The summed E-state index contributed by atoms with van der Waals surface area (Å²) in [5, 5.41) is 11.1. The van der Waals surface area contributed by atoms with Crippen LogP contribution in [0, 0.1) is 17.6 Å². The molecule has 3 aromatic rings. The molecule has 1 aliphatic rings. The number of rotatable bonds is 7. The van der Waals surface area contributed by atoms with Gasteiger partial charge in [0.2, 0.25) is 5.89 Å². The highest BCUT2D eigenvalue weighted by atomic mass is 19.1. The summed E-state index contributed by atoms with van der Waals surface area (Å²) >= 11 is 0. The summed E-state index contributed by atoms with van der Waals surface area (Å²) in [7, 11) is 0. The Morgan fingerprint density at radius 2 is 1.97 bits per heavy atom. The summed E-state index contributed by atoms with van der Waals surface area (Å²) in [5.41, 5.74) is 0.653. The van der Waals surface area contributed by atoms with E-state index >= 15 is 0 Å². The first-order chi connectivity index (χ1) is 15.1. The molecule has 2 heterocycles. The van der Waals surface area contributed by atoms with Gasteiger partial charge in [-0.3, -0.25) is 9.78 Å². The van der Waals surface area contributed by atoms with Gasteiger partial charge in [0.25, 0.3) is 11.8 Å². The third-order valence-corrected chi connectivity index (χ3v) is 5.36. The largest absolute Gasteiger partial charge is 0.481 e. The van der Waals surface area contributed by atoms with Crippen LogP contribution in [0.4, 0.5) is 8.78 Å². The predicted molar refractivity (Wildman–Crippen MR) is 107 cm³/mol. The van der Waals surface area contributed by atoms with Gasteiger partial charge in [0, 0.05) is 24.7 Å². The lowest BCUT2D eigenvalue weighted by atomic mass is 9.82. The van der Waals surface area contributed by atoms with Gasteiger partial charge in [-0.2, -0.15) is 0 Å². The fourth-order valence-corrected chi connectivity index (χ4v) is 3.65. The third-order valence-electron chi connectivity index (χ3n) is 5.36. The molecule has 1 amide bonds. The Labute approximate surface area is 177 Å². The zero-order valence-electron chi connectivity index (χ0n) is 16.8. The van der Waals surface area contributed by atoms with E-state index in [1.54, 1.807) is 6.20 Å². The molecule has 31 heavy (non-hydrogen) atoms. The standard InChI is InChI=1S/C22H22F2N4O3/c23-16-8-9-19(17(24)11-16)30-13-20(29)26-12-14-4-6-15(7-5-14)21-27-28-22(31-21)18-3-1-2-10-25-18/h1-3,8-11,14-15H,4-7,12-13H2,(H,26,29). The molecule has 0 bridgehead atoms. The van der Waals surface area contributed by atoms with E-state index in [0.29, 0.717) is 36.0 Å². The summed E-state index contributed by atoms with van der Waals surface area (Å²) in [4.78, 5) is 16.2. The number of nitrogens with one attached hydrogen (secondary N) is 1. The van der Waals surface area contributed by atoms with Gasteiger partial charge >= 0.3 is 0 Å². The number of amides is 1. The Kier molecular flexibility index (Phi) is 6.49. The fourth-order valence-electron chi connectivity index (χ4n) is 3.65. The van der Waals surface area contributed by atoms with Gasteiger partial charge in [-0.1, -0.05) is 6.07 Å². The van der Waals surface area contributed by atoms with Crippen molar-refractivity contribution in [2.45, 2.75) is 31.6 Å². The second-order valence-electron chi connectivity index (χ2n) is 7.55. The van der Waals surface area contributed by atoms with Crippen molar-refractivity contribution < 1.29 is 22.7 Å². The number of aromatic nitrogens is 3. The van der Waals surface area contributed by atoms with Gasteiger partial charge in [0.15, 0.2) is 18.2 Å². The molecular formula is C22H22F2N4O3. The monoisotopic (exact) mass is 428 g/mol. The minimum Gasteiger partial charge on any atom is -0.481 e. The summed E-state index contributed by atoms with van der Waals surface area (Å²) in [6.07, 6.45) is 5.29. The Balaban J connectivity index is 1.20. The SMILES string of the molecule is O=C(COc1ccc(F)cc1F)NCC1CCC(c2nnc(-c3ccccn3)o2)CC1. The summed E-state index contributed by atoms with van der Waals surface area (Å²) in [5.74, 6) is -0.454. The topological polar surface area (TPSA) is 90.1 Å². The molecule has 7 nitrogen and oxygen atoms in total. The van der Waals surface area contributed by atoms with Crippen LogP contribution in [0.2, 0.25) is 0 Å². The lowest BCUT2D eigenvalue weighted by Gasteiger charge is -2.26. The van der Waals surface area contributed by atoms with Gasteiger partial charge in [0.05, 0.1) is 0 Å². The van der Waals surface area contributed by atoms with E-state index in [1.165, 1.54) is 0 Å². The van der Waals surface area contributed by atoms with Gasteiger partial charge in [0.1, 0.15) is 11.5 Å². The smallest absolute Gasteiger partial charge is 0.266 e. The number of ether oxygens (including phenoxy) is 1. The number of carbonyl (C=O) groups excluding carboxylic acids is 1. The van der Waals surface area contributed by atoms with Crippen molar-refractivity contribution in [2.75, 3.05) is 13.2 Å². The first-order valence-electron chi connectivity index (χ1n) is 10.2. The van der Waals surface area contributed by atoms with Crippen molar-refractivity contribution in [1.82, 2.24) is 20.5 Å². The number of carbonyl (C=O) groups is 1. The van der Waals surface area contributed by atoms with Crippen LogP contribution in [-0.4, -0.2) is 34.2 Å². The van der Waals surface area contributed by atoms with Crippen LogP contribution in [0.15, 0.2) is 47.0 Å². The number of nitrogens with zero attached hydrogens (tertiary/aromatic N) is 3. The minimum absolute atomic E-state index is 0.151. The molecule has 0 atom stereocenters. The molecule has 1 aliphatic carbocycles. The Morgan fingerprint density at radius 3 is 2.71 bits per heavy atom. The molecule has 0 saturated heterocycles. The van der Waals surface area contributed by atoms with Crippen molar-refractivity contribution in [1.29, 1.82) is 0 Å². The van der Waals surface area contributed by atoms with Crippen molar-refractivity contribution in [3.05, 3.63) is 60.1 Å². The average Bonchev–Trinajstić information content (AvgIpc) is 3.28. The third kappa shape index (κ3) is 5.42. The maximum atomic E-state index is 13.5. The van der Waals surface area contributed by atoms with E-state index in [9.17, 15) is 13.6 Å². The first-order valence-corrected chi connectivity index (χ1v) is 10.2. The number of hydrogen-bond donors (Lipinski definition) is 1. The van der Waals surface area contributed by atoms with E-state index in [-0.39, 0.29) is 24.2 Å². The van der Waals surface area contributed by atoms with Crippen LogP contribution in [0.25, 0.3) is 11.6 Å². The summed E-state index contributed by atoms with van der Waals surface area (Å²) in [6, 6.07) is 8.48. The van der Waals surface area contributed by atoms with Crippen molar-refractivity contribution in [3.8, 4) is 17.3 Å². The highest BCUT2D eigenvalue weighted by Crippen LogP contribution is 2.35. The molecule has 0 aliphatic heterocycles. The highest BCUT2D eigenvalue weighted by molar-refractivity contribution is 5.77. The second-order valence-corrected chi connectivity index (χ2v) is 7.55. The molecular weight excluding hydrogens is 406 g/mol. The van der Waals surface area contributed by atoms with Gasteiger partial charge in [-0.25, -0.2) is 8.78 Å². The molecule has 0 unspecified atom stereocenters. The van der Waals surface area contributed by atoms with E-state index in [1.807, 2.05) is 18.2 Å². The molecule has 0 radical (unpaired) electrons. The quantitative estimate of drug-likeness (QED) is 0.614. The zero-order chi connectivity index (χ0) is 21.6. The number of hydrogen-bond acceptors (Lipinski definition) is 6. The Morgan fingerprint density at radius 1 is 1.13 bits per heavy atom. The summed E-state index contributed by atoms with van der Waals surface area (Å²) in [6.45, 7) is 0.194. The fraction of sp³-hybridized carbons (Fsp3) is 0.364. The van der Waals surface area contributed by atoms with Crippen LogP contribution in [0.3, 0.4) is 0 Å². The lowest BCUT2D eigenvalue weighted by molar-refractivity contribution is -0.123. The molecule has 0 spiro atoms. The van der Waals surface area contributed by atoms with E-state index < -0.39 is 11.6 Å². The van der Waals surface area contributed by atoms with Crippen LogP contribution in [-0.2, 0) is 4.79 Å². The van der Waals surface area contributed by atoms with Gasteiger partial charge in [-0.05, 0) is 55.9 Å². The molecule has 1 N–H and O–H groups in total. The highest BCUT2D eigenvalue weighted by Gasteiger charge is 2.27. The van der Waals surface area contributed by atoms with Crippen molar-refractivity contribution in [2.24, 2.45) is 5.92 Å². The molecule has 162 valence electrons. The van der Waals surface area contributed by atoms with Crippen LogP contribution >= 0.6 is 0 Å². The maximum absolute atomic E-state index is 13.5. The molecule has 9 heteroatoms. The van der Waals surface area contributed by atoms with Crippen LogP contribution in [0.5, 0.6) is 5.75 Å². The minimum atomic E-state index is -0.835. The molecule has 1 saturated carbocycles. The Bertz CT molecular complexity index is 1020. The van der Waals surface area contributed by atoms with E-state index in [0.717, 1.165) is 37.8 Å². The van der Waals surface area contributed by atoms with E-state index in [2.05, 4.69) is 20.5 Å². The van der Waals surface area contributed by atoms with Crippen molar-refractivity contribution >= 4 is 5.91 Å². The Hall–Kier alpha value is -3.36. The number of pyridine rings is 1. The molecule has 4 rings (SSSR count). The molecule has 1 aromatic carbocycles. The first kappa shape index (κ1) is 20.9. The normalized spacial score (nSPS) is 18.5. The van der Waals surface area contributed by atoms with Gasteiger partial charge < -0.3 is 14.5 Å². The second kappa shape index (κ2) is 9.63. The average molecular weight is 428 g/mol. The van der Waals surface area contributed by atoms with Crippen LogP contribution in [0.1, 0.15) is 37.5 Å². The number of halogens is 2. The van der Waals surface area contributed by atoms with E-state index in [4.69, 9.17) is 9.15 Å². The predicted octanol–water partition coefficient (Wildman–Crippen LogP) is 3.88. The maximum Gasteiger partial charge on any atom is 0.266 e. The van der Waals surface area contributed by atoms with Crippen molar-refractivity contribution in [3.63, 3.8) is 0 Å². The molecule has 2 aromatic heterocycles. The zero-order valence-corrected chi connectivity index (χ0v) is 16.8. The van der Waals surface area contributed by atoms with Gasteiger partial charge in [-0.15, -0.1) is 10.2 Å². The number of benzene rings is 1. The summed E-state index contributed by atoms with van der Waals surface area (Å²) < 4.78 is 37.4. The van der Waals surface area contributed by atoms with Crippen LogP contribution < -0.4 is 10.1 Å².